The van der Waals surface area contributed by atoms with Gasteiger partial charge in [-0.15, -0.1) is 0 Å². The molecule has 7 aliphatic rings. The molecule has 2 N–H and O–H groups in total. The molecule has 5 aliphatic carbocycles. The first kappa shape index (κ1) is 47.9. The van der Waals surface area contributed by atoms with Crippen LogP contribution in [-0.2, 0) is 28.6 Å². The van der Waals surface area contributed by atoms with E-state index in [9.17, 15) is 34.2 Å². The summed E-state index contributed by atoms with van der Waals surface area (Å²) in [6.07, 6.45) is 5.53. The summed E-state index contributed by atoms with van der Waals surface area (Å²) in [5, 5.41) is 24.7. The fourth-order valence-corrected chi connectivity index (χ4v) is 14.0. The van der Waals surface area contributed by atoms with Crippen molar-refractivity contribution in [3.63, 3.8) is 0 Å². The normalized spacial score (nSPS) is 34.1. The van der Waals surface area contributed by atoms with Gasteiger partial charge in [-0.2, -0.15) is 0 Å². The Morgan fingerprint density at radius 1 is 1.01 bits per heavy atom. The van der Waals surface area contributed by atoms with E-state index >= 15 is 13.6 Å². The van der Waals surface area contributed by atoms with Gasteiger partial charge in [0.05, 0.1) is 30.2 Å². The Morgan fingerprint density at radius 3 is 2.38 bits per heavy atom. The lowest BCUT2D eigenvalue weighted by Gasteiger charge is -2.62. The number of Topliss-reactive ketones (excluding diaryl/α,β-unsaturated/α-hetero) is 1. The highest BCUT2D eigenvalue weighted by Gasteiger charge is 2.76. The van der Waals surface area contributed by atoms with E-state index in [1.807, 2.05) is 9.47 Å². The molecule has 0 bridgehead atoms. The molecular weight excluding hydrogens is 885 g/mol. The number of alkyl halides is 1. The topological polar surface area (TPSA) is 191 Å². The molecule has 4 saturated carbocycles. The van der Waals surface area contributed by atoms with Crippen LogP contribution >= 0.6 is 0 Å². The maximum absolute atomic E-state index is 17.9. The highest BCUT2D eigenvalue weighted by atomic mass is 19.1. The molecule has 2 aromatic rings. The maximum atomic E-state index is 17.9. The third-order valence-electron chi connectivity index (χ3n) is 17.6. The van der Waals surface area contributed by atoms with Crippen LogP contribution in [-0.4, -0.2) is 112 Å². The number of anilines is 1. The minimum Gasteiger partial charge on any atom is -0.492 e. The van der Waals surface area contributed by atoms with E-state index in [1.165, 1.54) is 47.0 Å². The molecule has 10 atom stereocenters. The number of hydrogen-bond donors (Lipinski definition) is 2. The summed E-state index contributed by atoms with van der Waals surface area (Å²) in [5.41, 5.74) is -9.10. The number of ketones is 2. The summed E-state index contributed by atoms with van der Waals surface area (Å²) in [4.78, 5) is 84.7. The number of allylic oxidation sites excluding steroid dienone is 4. The third-order valence-corrected chi connectivity index (χ3v) is 17.6. The number of halogens is 2. The van der Waals surface area contributed by atoms with E-state index in [-0.39, 0.29) is 71.3 Å². The zero-order valence-corrected chi connectivity index (χ0v) is 40.3. The minimum atomic E-state index is -2.20. The monoisotopic (exact) mass is 947 g/mol. The van der Waals surface area contributed by atoms with Crippen molar-refractivity contribution in [3.05, 3.63) is 56.7 Å². The SMILES string of the molecule is COc1c(N2CC3CCCN(C(=O)OCOC(C)=O)C3C2)c(F)c(C)c2c(=O)c(C(=O)OC(C)(C)C(=O)[C@@]3(O)[C@H](C)C[C@H]4[C@@H]5CCC6=CC(=O)C=C[C@]6(C)[C@@]5(F)[C@@H](O)C[C@@]43C)c(C)n(C3CC3)c12. The Kier molecular flexibility index (Phi) is 11.4. The molecule has 0 radical (unpaired) electrons. The predicted molar refractivity (Wildman–Crippen MR) is 243 cm³/mol. The molecule has 3 heterocycles. The standard InChI is InChI=1S/C51H63F2N3O12/c1-25-19-34-33-15-12-30-20-32(58)16-17-48(30,7)50(33,53)36(59)21-49(34,8)51(25,64)45(62)47(5,6)68-44(61)38-27(3)56(31-13-14-31)40-37(42(38)60)26(2)39(52)41(43(40)65-9)54-22-29-11-10-18-55(35(29)23-54)46(63)67-24-66-28(4)57/h16-17,20,25,29,31,33-36,59,64H,10-15,18-19,21-24H2,1-9H3/t25-,29?,33+,34+,35?,36+,48+,49+,50+,51+/m1/s1. The number of aliphatic hydroxyl groups excluding tert-OH is 1. The van der Waals surface area contributed by atoms with Gasteiger partial charge in [-0.05, 0) is 116 Å². The first-order chi connectivity index (χ1) is 31.9. The molecule has 2 unspecified atom stereocenters. The molecule has 1 amide bonds. The van der Waals surface area contributed by atoms with Crippen molar-refractivity contribution in [2.45, 2.75) is 142 Å². The van der Waals surface area contributed by atoms with Crippen molar-refractivity contribution in [2.75, 3.05) is 38.4 Å². The first-order valence-corrected chi connectivity index (χ1v) is 24.0. The van der Waals surface area contributed by atoms with Crippen molar-refractivity contribution >= 4 is 46.2 Å². The van der Waals surface area contributed by atoms with E-state index < -0.39 is 99.0 Å². The van der Waals surface area contributed by atoms with Crippen LogP contribution in [0.15, 0.2) is 28.6 Å². The van der Waals surface area contributed by atoms with Crippen LogP contribution in [0.3, 0.4) is 0 Å². The fraction of sp³-hybridized carbons (Fsp3) is 0.647. The number of fused-ring (bicyclic) bond motifs is 7. The number of likely N-dealkylation sites (tertiary alicyclic amines) is 1. The second-order valence-electron chi connectivity index (χ2n) is 21.6. The third kappa shape index (κ3) is 6.66. The molecule has 2 aliphatic heterocycles. The Hall–Kier alpha value is -5.16. The number of methoxy groups -OCH3 is 1. The Bertz CT molecular complexity index is 2670. The molecule has 368 valence electrons. The van der Waals surface area contributed by atoms with Gasteiger partial charge < -0.3 is 43.5 Å². The van der Waals surface area contributed by atoms with E-state index in [1.54, 1.807) is 38.7 Å². The molecule has 1 aromatic carbocycles. The van der Waals surface area contributed by atoms with Crippen LogP contribution in [0.1, 0.15) is 121 Å². The molecule has 68 heavy (non-hydrogen) atoms. The molecule has 0 spiro atoms. The summed E-state index contributed by atoms with van der Waals surface area (Å²) >= 11 is 0. The average Bonchev–Trinajstić information content (AvgIpc) is 3.98. The fourth-order valence-electron chi connectivity index (χ4n) is 14.0. The molecule has 15 nitrogen and oxygen atoms in total. The van der Waals surface area contributed by atoms with Crippen LogP contribution in [0.4, 0.5) is 19.3 Å². The van der Waals surface area contributed by atoms with Crippen molar-refractivity contribution in [1.82, 2.24) is 9.47 Å². The van der Waals surface area contributed by atoms with E-state index in [2.05, 4.69) is 0 Å². The van der Waals surface area contributed by atoms with E-state index in [0.717, 1.165) is 6.42 Å². The van der Waals surface area contributed by atoms with Crippen molar-refractivity contribution in [2.24, 2.45) is 34.5 Å². The van der Waals surface area contributed by atoms with Gasteiger partial charge >= 0.3 is 18.0 Å². The summed E-state index contributed by atoms with van der Waals surface area (Å²) in [6.45, 7) is 12.5. The number of carbonyl (C=O) groups excluding carboxylic acids is 5. The van der Waals surface area contributed by atoms with Crippen LogP contribution in [0, 0.1) is 54.2 Å². The number of amides is 1. The van der Waals surface area contributed by atoms with Gasteiger partial charge in [-0.3, -0.25) is 19.2 Å². The van der Waals surface area contributed by atoms with Crippen LogP contribution < -0.4 is 15.1 Å². The lowest BCUT2D eigenvalue weighted by Crippen LogP contribution is -2.70. The van der Waals surface area contributed by atoms with Crippen molar-refractivity contribution in [1.29, 1.82) is 0 Å². The number of ether oxygens (including phenoxy) is 4. The predicted octanol–water partition coefficient (Wildman–Crippen LogP) is 6.51. The molecule has 1 aromatic heterocycles. The van der Waals surface area contributed by atoms with Crippen LogP contribution in [0.25, 0.3) is 10.9 Å². The molecular formula is C51H63F2N3O12. The summed E-state index contributed by atoms with van der Waals surface area (Å²) < 4.78 is 59.0. The Balaban J connectivity index is 1.04. The zero-order valence-electron chi connectivity index (χ0n) is 40.3. The second-order valence-corrected chi connectivity index (χ2v) is 21.6. The molecule has 17 heteroatoms. The van der Waals surface area contributed by atoms with Crippen molar-refractivity contribution in [3.8, 4) is 5.75 Å². The second kappa shape index (κ2) is 16.2. The number of nitrogens with zero attached hydrogens (tertiary/aromatic N) is 3. The number of aliphatic hydroxyl groups is 2. The molecule has 2 saturated heterocycles. The summed E-state index contributed by atoms with van der Waals surface area (Å²) in [7, 11) is 1.39. The van der Waals surface area contributed by atoms with E-state index in [4.69, 9.17) is 18.9 Å². The summed E-state index contributed by atoms with van der Waals surface area (Å²) in [5.74, 6) is -5.63. The maximum Gasteiger partial charge on any atom is 0.412 e. The highest BCUT2D eigenvalue weighted by Crippen LogP contribution is 2.71. The van der Waals surface area contributed by atoms with Gasteiger partial charge in [0.15, 0.2) is 28.6 Å². The number of aryl methyl sites for hydroxylation is 1. The highest BCUT2D eigenvalue weighted by molar-refractivity contribution is 6.03. The quantitative estimate of drug-likeness (QED) is 0.205. The number of hydrogen-bond acceptors (Lipinski definition) is 13. The van der Waals surface area contributed by atoms with Gasteiger partial charge in [0.25, 0.3) is 0 Å². The van der Waals surface area contributed by atoms with Crippen LogP contribution in [0.5, 0.6) is 5.75 Å². The Labute approximate surface area is 393 Å². The lowest BCUT2D eigenvalue weighted by atomic mass is 9.44. The smallest absolute Gasteiger partial charge is 0.412 e. The van der Waals surface area contributed by atoms with Gasteiger partial charge in [0.1, 0.15) is 16.9 Å². The summed E-state index contributed by atoms with van der Waals surface area (Å²) in [6, 6.07) is -0.545. The number of carbonyl (C=O) groups is 5. The largest absolute Gasteiger partial charge is 0.492 e. The van der Waals surface area contributed by atoms with Crippen molar-refractivity contribution < 1.29 is 61.9 Å². The lowest BCUT2D eigenvalue weighted by molar-refractivity contribution is -0.223. The zero-order chi connectivity index (χ0) is 49.4. The van der Waals surface area contributed by atoms with E-state index in [0.29, 0.717) is 56.3 Å². The first-order valence-electron chi connectivity index (χ1n) is 24.0. The average molecular weight is 948 g/mol. The number of benzene rings is 1. The number of rotatable bonds is 9. The number of aromatic nitrogens is 1. The minimum absolute atomic E-state index is 0.0329. The number of pyridine rings is 1. The van der Waals surface area contributed by atoms with Gasteiger partial charge in [0.2, 0.25) is 18.0 Å². The number of esters is 2. The van der Waals surface area contributed by atoms with Crippen LogP contribution in [0.2, 0.25) is 0 Å². The molecule has 6 fully saturated rings. The molecule has 9 rings (SSSR count). The van der Waals surface area contributed by atoms with Gasteiger partial charge in [-0.25, -0.2) is 18.4 Å². The van der Waals surface area contributed by atoms with Gasteiger partial charge in [0, 0.05) is 60.6 Å². The number of piperidine rings is 1. The van der Waals surface area contributed by atoms with Gasteiger partial charge in [-0.1, -0.05) is 25.5 Å². The Morgan fingerprint density at radius 2 is 1.72 bits per heavy atom.